The summed E-state index contributed by atoms with van der Waals surface area (Å²) in [5.41, 5.74) is 16.7. The molecule has 5 heterocycles. The number of para-hydroxylation sites is 4. The third-order valence-electron chi connectivity index (χ3n) is 15.7. The van der Waals surface area contributed by atoms with Gasteiger partial charge in [0, 0.05) is 77.1 Å². The van der Waals surface area contributed by atoms with Crippen molar-refractivity contribution in [1.29, 1.82) is 0 Å². The highest BCUT2D eigenvalue weighted by atomic mass is 15.0. The van der Waals surface area contributed by atoms with Crippen molar-refractivity contribution in [2.45, 2.75) is 0 Å². The lowest BCUT2D eigenvalue weighted by Gasteiger charge is -2.17. The van der Waals surface area contributed by atoms with Crippen LogP contribution in [-0.2, 0) is 0 Å². The summed E-state index contributed by atoms with van der Waals surface area (Å²) >= 11 is 0. The van der Waals surface area contributed by atoms with E-state index in [-0.39, 0.29) is 0 Å². The predicted molar refractivity (Wildman–Crippen MR) is 331 cm³/mol. The number of aromatic nitrogens is 8. The zero-order valence-electron chi connectivity index (χ0n) is 43.6. The maximum Gasteiger partial charge on any atom is 0.164 e. The Morgan fingerprint density at radius 1 is 0.210 bits per heavy atom. The van der Waals surface area contributed by atoms with Crippen molar-refractivity contribution in [3.05, 3.63) is 279 Å². The molecule has 0 aliphatic carbocycles. The molecule has 0 bridgehead atoms. The Hall–Kier alpha value is -11.1. The molecule has 378 valence electrons. The van der Waals surface area contributed by atoms with Crippen LogP contribution >= 0.6 is 0 Å². The lowest BCUT2D eigenvalue weighted by Crippen LogP contribution is -2.04. The van der Waals surface area contributed by atoms with Gasteiger partial charge in [-0.15, -0.1) is 0 Å². The molecular weight excluding hydrogens is 989 g/mol. The molecule has 0 radical (unpaired) electrons. The van der Waals surface area contributed by atoms with Crippen molar-refractivity contribution in [1.82, 2.24) is 38.6 Å². The minimum absolute atomic E-state index is 0.534. The maximum absolute atomic E-state index is 5.52. The zero-order valence-corrected chi connectivity index (χ0v) is 43.6. The van der Waals surface area contributed by atoms with E-state index in [1.165, 1.54) is 21.5 Å². The van der Waals surface area contributed by atoms with E-state index in [0.29, 0.717) is 23.3 Å². The molecule has 0 saturated carbocycles. The zero-order chi connectivity index (χ0) is 53.4. The van der Waals surface area contributed by atoms with Gasteiger partial charge in [-0.25, -0.2) is 24.9 Å². The van der Waals surface area contributed by atoms with Crippen LogP contribution in [0.3, 0.4) is 0 Å². The first-order chi connectivity index (χ1) is 40.2. The largest absolute Gasteiger partial charge is 0.309 e. The first kappa shape index (κ1) is 46.0. The molecule has 0 atom stereocenters. The third kappa shape index (κ3) is 7.72. The topological polar surface area (TPSA) is 79.2 Å². The minimum atomic E-state index is 0.534. The molecule has 8 nitrogen and oxygen atoms in total. The summed E-state index contributed by atoms with van der Waals surface area (Å²) in [5, 5.41) is 7.06. The number of benzene rings is 11. The average molecular weight is 1040 g/mol. The Morgan fingerprint density at radius 3 is 0.963 bits per heavy atom. The van der Waals surface area contributed by atoms with Crippen LogP contribution in [0.2, 0.25) is 0 Å². The van der Waals surface area contributed by atoms with Crippen LogP contribution in [0.15, 0.2) is 279 Å². The Kier molecular flexibility index (Phi) is 10.7. The molecule has 11 aromatic carbocycles. The molecule has 16 rings (SSSR count). The summed E-state index contributed by atoms with van der Waals surface area (Å²) < 4.78 is 7.20. The lowest BCUT2D eigenvalue weighted by atomic mass is 10.0. The molecular formula is C73H46N8. The molecule has 0 aliphatic heterocycles. The van der Waals surface area contributed by atoms with Crippen molar-refractivity contribution in [2.75, 3.05) is 0 Å². The quantitative estimate of drug-likeness (QED) is 0.144. The molecule has 16 aromatic rings. The Balaban J connectivity index is 0.998. The highest BCUT2D eigenvalue weighted by Crippen LogP contribution is 2.43. The number of hydrogen-bond acceptors (Lipinski definition) is 5. The molecule has 0 amide bonds. The SMILES string of the molecule is c1ccc(-c2cc(-c3ccccc3)nc(-c3cc(-c4nc(-c5ccccc5)nc(-c5ccccc5)n4)ccc3-n3c4ccc(-n5c6ccccc6c6ccccc65)cc4c4cc(-n5c6ccccc6c6ccccc65)ccc43)n2)cc1. The van der Waals surface area contributed by atoms with Crippen LogP contribution in [-0.4, -0.2) is 38.6 Å². The van der Waals surface area contributed by atoms with Gasteiger partial charge in [0.15, 0.2) is 23.3 Å². The van der Waals surface area contributed by atoms with Gasteiger partial charge >= 0.3 is 0 Å². The van der Waals surface area contributed by atoms with Crippen molar-refractivity contribution >= 4 is 65.4 Å². The van der Waals surface area contributed by atoms with Crippen molar-refractivity contribution < 1.29 is 0 Å². The lowest BCUT2D eigenvalue weighted by molar-refractivity contribution is 1.07. The van der Waals surface area contributed by atoms with Gasteiger partial charge in [0.25, 0.3) is 0 Å². The second-order valence-electron chi connectivity index (χ2n) is 20.4. The van der Waals surface area contributed by atoms with E-state index in [4.69, 9.17) is 24.9 Å². The van der Waals surface area contributed by atoms with Crippen molar-refractivity contribution in [3.8, 4) is 85.1 Å². The van der Waals surface area contributed by atoms with E-state index in [9.17, 15) is 0 Å². The molecule has 0 spiro atoms. The molecule has 81 heavy (non-hydrogen) atoms. The van der Waals surface area contributed by atoms with E-state index in [1.54, 1.807) is 0 Å². The van der Waals surface area contributed by atoms with Crippen LogP contribution in [0.25, 0.3) is 151 Å². The number of hydrogen-bond donors (Lipinski definition) is 0. The smallest absolute Gasteiger partial charge is 0.164 e. The van der Waals surface area contributed by atoms with E-state index >= 15 is 0 Å². The van der Waals surface area contributed by atoms with Crippen LogP contribution in [0, 0.1) is 0 Å². The maximum atomic E-state index is 5.52. The third-order valence-corrected chi connectivity index (χ3v) is 15.7. The van der Waals surface area contributed by atoms with Gasteiger partial charge in [0.1, 0.15) is 0 Å². The summed E-state index contributed by atoms with van der Waals surface area (Å²) in [6.07, 6.45) is 0. The number of fused-ring (bicyclic) bond motifs is 9. The highest BCUT2D eigenvalue weighted by molar-refractivity contribution is 6.14. The van der Waals surface area contributed by atoms with Gasteiger partial charge in [-0.05, 0) is 84.9 Å². The second kappa shape index (κ2) is 18.8. The first-order valence-corrected chi connectivity index (χ1v) is 27.2. The summed E-state index contributed by atoms with van der Waals surface area (Å²) in [4.78, 5) is 26.6. The summed E-state index contributed by atoms with van der Waals surface area (Å²) in [7, 11) is 0. The van der Waals surface area contributed by atoms with E-state index in [0.717, 1.165) is 106 Å². The standard InChI is InChI=1S/C73H46N8/c1-5-21-47(22-6-1)61-46-62(48-23-7-2-8-24-48)75-73(74-61)60-43-51(72-77-70(49-25-9-3-10-26-49)76-71(78-72)50-27-11-4-12-28-50)37-40-69(60)81-67-41-38-52(79-63-33-17-13-29-54(63)55-30-14-18-34-64(55)79)44-58(67)59-45-53(39-42-68(59)81)80-65-35-19-15-31-56(65)57-32-16-20-36-66(57)80/h1-46H. The van der Waals surface area contributed by atoms with Crippen LogP contribution in [0.1, 0.15) is 0 Å². The molecule has 5 aromatic heterocycles. The predicted octanol–water partition coefficient (Wildman–Crippen LogP) is 18.0. The van der Waals surface area contributed by atoms with E-state index in [1.807, 2.05) is 72.8 Å². The van der Waals surface area contributed by atoms with Gasteiger partial charge in [-0.2, -0.15) is 0 Å². The minimum Gasteiger partial charge on any atom is -0.309 e. The highest BCUT2D eigenvalue weighted by Gasteiger charge is 2.24. The van der Waals surface area contributed by atoms with Crippen molar-refractivity contribution in [2.24, 2.45) is 0 Å². The van der Waals surface area contributed by atoms with Gasteiger partial charge in [0.2, 0.25) is 0 Å². The molecule has 0 fully saturated rings. The fourth-order valence-corrected chi connectivity index (χ4v) is 12.0. The molecule has 0 N–H and O–H groups in total. The summed E-state index contributed by atoms with van der Waals surface area (Å²) in [5.74, 6) is 2.26. The Bertz CT molecular complexity index is 4710. The van der Waals surface area contributed by atoms with Gasteiger partial charge < -0.3 is 13.7 Å². The molecule has 0 saturated heterocycles. The van der Waals surface area contributed by atoms with Gasteiger partial charge in [-0.3, -0.25) is 0 Å². The number of rotatable bonds is 9. The Labute approximate surface area is 465 Å². The van der Waals surface area contributed by atoms with Crippen molar-refractivity contribution in [3.63, 3.8) is 0 Å². The molecule has 0 aliphatic rings. The van der Waals surface area contributed by atoms with Crippen LogP contribution in [0.4, 0.5) is 0 Å². The second-order valence-corrected chi connectivity index (χ2v) is 20.4. The fourth-order valence-electron chi connectivity index (χ4n) is 12.0. The van der Waals surface area contributed by atoms with Crippen LogP contribution < -0.4 is 0 Å². The number of nitrogens with zero attached hydrogens (tertiary/aromatic N) is 8. The fraction of sp³-hybridized carbons (Fsp3) is 0. The summed E-state index contributed by atoms with van der Waals surface area (Å²) in [6, 6.07) is 98.2. The average Bonchev–Trinajstić information content (AvgIpc) is 4.40. The monoisotopic (exact) mass is 1030 g/mol. The van der Waals surface area contributed by atoms with Crippen LogP contribution in [0.5, 0.6) is 0 Å². The molecule has 8 heteroatoms. The van der Waals surface area contributed by atoms with E-state index < -0.39 is 0 Å². The summed E-state index contributed by atoms with van der Waals surface area (Å²) in [6.45, 7) is 0. The normalized spacial score (nSPS) is 11.7. The Morgan fingerprint density at radius 2 is 0.556 bits per heavy atom. The first-order valence-electron chi connectivity index (χ1n) is 27.2. The van der Waals surface area contributed by atoms with E-state index in [2.05, 4.69) is 220 Å². The van der Waals surface area contributed by atoms with Gasteiger partial charge in [0.05, 0.1) is 50.2 Å². The van der Waals surface area contributed by atoms with Gasteiger partial charge in [-0.1, -0.05) is 194 Å². The molecule has 0 unspecified atom stereocenters.